The van der Waals surface area contributed by atoms with Gasteiger partial charge >= 0.3 is 0 Å². The minimum atomic E-state index is 0.754. The molecule has 2 rings (SSSR count). The minimum Gasteiger partial charge on any atom is -0.120 e. The highest BCUT2D eigenvalue weighted by atomic mass is 35.5. The molecule has 2 aromatic carbocycles. The third-order valence-corrected chi connectivity index (χ3v) is 2.42. The first-order valence-corrected chi connectivity index (χ1v) is 5.45. The molecule has 0 aliphatic carbocycles. The van der Waals surface area contributed by atoms with Crippen LogP contribution in [0.4, 0.5) is 0 Å². The number of hydrogen-bond donors (Lipinski definition) is 0. The molecule has 0 saturated heterocycles. The highest BCUT2D eigenvalue weighted by Crippen LogP contribution is 2.10. The summed E-state index contributed by atoms with van der Waals surface area (Å²) in [7, 11) is 0. The van der Waals surface area contributed by atoms with Crippen molar-refractivity contribution in [1.82, 2.24) is 0 Å². The van der Waals surface area contributed by atoms with Crippen LogP contribution in [0.2, 0.25) is 5.02 Å². The fraction of sp³-hybridized carbons (Fsp3) is 0. The molecule has 0 spiro atoms. The third-order valence-electron chi connectivity index (χ3n) is 2.17. The van der Waals surface area contributed by atoms with Gasteiger partial charge in [-0.15, -0.1) is 5.73 Å². The standard InChI is InChI=1S/C15H11Cl/c16-15-11-9-14(10-12-15)8-4-7-13-5-2-1-3-6-13/h1-3,5-12H. The van der Waals surface area contributed by atoms with Gasteiger partial charge < -0.3 is 0 Å². The van der Waals surface area contributed by atoms with E-state index in [0.717, 1.165) is 16.1 Å². The first-order chi connectivity index (χ1) is 7.84. The normalized spacial score (nSPS) is 9.31. The van der Waals surface area contributed by atoms with Gasteiger partial charge in [-0.2, -0.15) is 0 Å². The highest BCUT2D eigenvalue weighted by Gasteiger charge is 1.86. The molecule has 16 heavy (non-hydrogen) atoms. The molecule has 0 atom stereocenters. The van der Waals surface area contributed by atoms with Crippen molar-refractivity contribution in [3.05, 3.63) is 76.5 Å². The second-order valence-corrected chi connectivity index (χ2v) is 3.85. The number of benzene rings is 2. The molecule has 0 saturated carbocycles. The Bertz CT molecular complexity index is 503. The first kappa shape index (κ1) is 10.8. The van der Waals surface area contributed by atoms with E-state index in [1.54, 1.807) is 0 Å². The predicted molar refractivity (Wildman–Crippen MR) is 70.3 cm³/mol. The first-order valence-electron chi connectivity index (χ1n) is 5.08. The van der Waals surface area contributed by atoms with Crippen LogP contribution in [0, 0.1) is 0 Å². The number of halogens is 1. The van der Waals surface area contributed by atoms with Crippen molar-refractivity contribution < 1.29 is 0 Å². The van der Waals surface area contributed by atoms with Crippen LogP contribution in [0.25, 0.3) is 12.2 Å². The Labute approximate surface area is 101 Å². The van der Waals surface area contributed by atoms with E-state index in [4.69, 9.17) is 11.6 Å². The SMILES string of the molecule is Clc1ccc(C=C=Cc2ccccc2)cc1. The van der Waals surface area contributed by atoms with Crippen LogP contribution in [0.1, 0.15) is 11.1 Å². The molecule has 0 fully saturated rings. The molecule has 0 N–H and O–H groups in total. The summed E-state index contributed by atoms with van der Waals surface area (Å²) in [5, 5.41) is 0.754. The molecule has 0 unspecified atom stereocenters. The van der Waals surface area contributed by atoms with Gasteiger partial charge in [0.2, 0.25) is 0 Å². The Morgan fingerprint density at radius 1 is 0.750 bits per heavy atom. The molecule has 0 nitrogen and oxygen atoms in total. The van der Waals surface area contributed by atoms with Crippen LogP contribution in [0.5, 0.6) is 0 Å². The molecule has 0 aliphatic heterocycles. The van der Waals surface area contributed by atoms with Crippen molar-refractivity contribution in [2.75, 3.05) is 0 Å². The molecule has 1 heteroatoms. The zero-order chi connectivity index (χ0) is 11.2. The van der Waals surface area contributed by atoms with Crippen LogP contribution in [0.15, 0.2) is 60.3 Å². The smallest absolute Gasteiger partial charge is 0.0406 e. The van der Waals surface area contributed by atoms with E-state index < -0.39 is 0 Å². The van der Waals surface area contributed by atoms with Crippen LogP contribution in [-0.2, 0) is 0 Å². The minimum absolute atomic E-state index is 0.754. The summed E-state index contributed by atoms with van der Waals surface area (Å²) in [6.07, 6.45) is 3.89. The van der Waals surface area contributed by atoms with Crippen molar-refractivity contribution in [2.24, 2.45) is 0 Å². The lowest BCUT2D eigenvalue weighted by atomic mass is 10.2. The van der Waals surface area contributed by atoms with Crippen molar-refractivity contribution >= 4 is 23.8 Å². The van der Waals surface area contributed by atoms with E-state index in [0.29, 0.717) is 0 Å². The summed E-state index contributed by atoms with van der Waals surface area (Å²) in [4.78, 5) is 0. The molecule has 2 aromatic rings. The Balaban J connectivity index is 2.15. The maximum Gasteiger partial charge on any atom is 0.0406 e. The summed E-state index contributed by atoms with van der Waals surface area (Å²) in [5.41, 5.74) is 5.38. The van der Waals surface area contributed by atoms with Crippen LogP contribution in [-0.4, -0.2) is 0 Å². The average molecular weight is 227 g/mol. The summed E-state index contributed by atoms with van der Waals surface area (Å²) in [6, 6.07) is 17.8. The zero-order valence-corrected chi connectivity index (χ0v) is 9.48. The number of rotatable bonds is 2. The number of hydrogen-bond acceptors (Lipinski definition) is 0. The van der Waals surface area contributed by atoms with Gasteiger partial charge in [0, 0.05) is 5.02 Å². The summed E-state index contributed by atoms with van der Waals surface area (Å²) >= 11 is 5.80. The van der Waals surface area contributed by atoms with E-state index >= 15 is 0 Å². The Morgan fingerprint density at radius 2 is 1.31 bits per heavy atom. The molecule has 0 bridgehead atoms. The van der Waals surface area contributed by atoms with Crippen molar-refractivity contribution in [1.29, 1.82) is 0 Å². The van der Waals surface area contributed by atoms with Gasteiger partial charge in [-0.05, 0) is 35.4 Å². The molecule has 0 aromatic heterocycles. The monoisotopic (exact) mass is 226 g/mol. The maximum atomic E-state index is 5.80. The lowest BCUT2D eigenvalue weighted by molar-refractivity contribution is 1.65. The van der Waals surface area contributed by atoms with E-state index in [1.165, 1.54) is 0 Å². The second kappa shape index (κ2) is 5.37. The van der Waals surface area contributed by atoms with E-state index in [2.05, 4.69) is 5.73 Å². The van der Waals surface area contributed by atoms with Crippen molar-refractivity contribution in [3.63, 3.8) is 0 Å². The van der Waals surface area contributed by atoms with Crippen molar-refractivity contribution in [2.45, 2.75) is 0 Å². The van der Waals surface area contributed by atoms with Crippen LogP contribution >= 0.6 is 11.6 Å². The Morgan fingerprint density at radius 3 is 1.94 bits per heavy atom. The predicted octanol–water partition coefficient (Wildman–Crippen LogP) is 4.67. The maximum absolute atomic E-state index is 5.80. The van der Waals surface area contributed by atoms with E-state index in [9.17, 15) is 0 Å². The van der Waals surface area contributed by atoms with Gasteiger partial charge in [0.15, 0.2) is 0 Å². The molecule has 0 amide bonds. The lowest BCUT2D eigenvalue weighted by Gasteiger charge is -1.91. The Hall–Kier alpha value is -1.75. The van der Waals surface area contributed by atoms with Gasteiger partial charge in [0.1, 0.15) is 0 Å². The average Bonchev–Trinajstić information content (AvgIpc) is 2.33. The quantitative estimate of drug-likeness (QED) is 0.653. The van der Waals surface area contributed by atoms with Crippen LogP contribution in [0.3, 0.4) is 0 Å². The van der Waals surface area contributed by atoms with Gasteiger partial charge in [0.05, 0.1) is 0 Å². The molecule has 0 aliphatic rings. The molecular formula is C15H11Cl. The summed E-state index contributed by atoms with van der Waals surface area (Å²) < 4.78 is 0. The van der Waals surface area contributed by atoms with Crippen molar-refractivity contribution in [3.8, 4) is 0 Å². The van der Waals surface area contributed by atoms with E-state index in [1.807, 2.05) is 66.7 Å². The zero-order valence-electron chi connectivity index (χ0n) is 8.73. The highest BCUT2D eigenvalue weighted by molar-refractivity contribution is 6.30. The Kier molecular flexibility index (Phi) is 3.61. The van der Waals surface area contributed by atoms with Gasteiger partial charge in [-0.25, -0.2) is 0 Å². The largest absolute Gasteiger partial charge is 0.120 e. The van der Waals surface area contributed by atoms with Gasteiger partial charge in [-0.1, -0.05) is 54.1 Å². The van der Waals surface area contributed by atoms with E-state index in [-0.39, 0.29) is 0 Å². The molecule has 78 valence electrons. The van der Waals surface area contributed by atoms with Crippen LogP contribution < -0.4 is 0 Å². The molecular weight excluding hydrogens is 216 g/mol. The lowest BCUT2D eigenvalue weighted by Crippen LogP contribution is -1.69. The topological polar surface area (TPSA) is 0 Å². The van der Waals surface area contributed by atoms with Gasteiger partial charge in [-0.3, -0.25) is 0 Å². The molecule has 0 heterocycles. The fourth-order valence-electron chi connectivity index (χ4n) is 1.34. The fourth-order valence-corrected chi connectivity index (χ4v) is 1.47. The molecule has 0 radical (unpaired) electrons. The third kappa shape index (κ3) is 3.13. The summed E-state index contributed by atoms with van der Waals surface area (Å²) in [5.74, 6) is 0. The van der Waals surface area contributed by atoms with Gasteiger partial charge in [0.25, 0.3) is 0 Å². The summed E-state index contributed by atoms with van der Waals surface area (Å²) in [6.45, 7) is 0. The second-order valence-electron chi connectivity index (χ2n) is 3.42.